The summed E-state index contributed by atoms with van der Waals surface area (Å²) >= 11 is 0. The summed E-state index contributed by atoms with van der Waals surface area (Å²) in [5.41, 5.74) is 3.73. The van der Waals surface area contributed by atoms with Crippen LogP contribution in [0.15, 0.2) is 54.6 Å². The van der Waals surface area contributed by atoms with E-state index in [-0.39, 0.29) is 12.5 Å². The number of benzene rings is 2. The Morgan fingerprint density at radius 1 is 1.10 bits per heavy atom. The highest BCUT2D eigenvalue weighted by Crippen LogP contribution is 2.30. The van der Waals surface area contributed by atoms with E-state index in [4.69, 9.17) is 9.84 Å². The van der Waals surface area contributed by atoms with Crippen LogP contribution in [0.5, 0.6) is 0 Å². The lowest BCUT2D eigenvalue weighted by molar-refractivity contribution is 0.0896. The maximum atomic E-state index is 10.6. The van der Waals surface area contributed by atoms with Crippen molar-refractivity contribution in [3.8, 4) is 0 Å². The summed E-state index contributed by atoms with van der Waals surface area (Å²) in [5, 5.41) is 8.65. The predicted octanol–water partition coefficient (Wildman–Crippen LogP) is 4.47. The molecule has 1 N–H and O–H groups in total. The molecule has 1 atom stereocenters. The molecule has 0 radical (unpaired) electrons. The molecule has 0 bridgehead atoms. The van der Waals surface area contributed by atoms with Gasteiger partial charge in [-0.25, -0.2) is 4.79 Å². The summed E-state index contributed by atoms with van der Waals surface area (Å²) < 4.78 is 4.71. The van der Waals surface area contributed by atoms with Gasteiger partial charge in [-0.05, 0) is 29.5 Å². The highest BCUT2D eigenvalue weighted by atomic mass is 16.7. The number of ether oxygens (including phenoxy) is 1. The predicted molar refractivity (Wildman–Crippen MR) is 82.7 cm³/mol. The van der Waals surface area contributed by atoms with Gasteiger partial charge in [0.25, 0.3) is 0 Å². The van der Waals surface area contributed by atoms with Crippen LogP contribution in [0.1, 0.15) is 36.0 Å². The van der Waals surface area contributed by atoms with Crippen molar-refractivity contribution in [2.24, 2.45) is 0 Å². The average molecular weight is 284 g/mol. The Kier molecular flexibility index (Phi) is 5.38. The Morgan fingerprint density at radius 2 is 1.76 bits per heavy atom. The smallest absolute Gasteiger partial charge is 0.450 e. The van der Waals surface area contributed by atoms with Crippen LogP contribution in [0.3, 0.4) is 0 Å². The van der Waals surface area contributed by atoms with Gasteiger partial charge in [-0.1, -0.05) is 61.5 Å². The number of aryl methyl sites for hydroxylation is 1. The van der Waals surface area contributed by atoms with E-state index >= 15 is 0 Å². The Bertz CT molecular complexity index is 578. The first-order valence-electron chi connectivity index (χ1n) is 7.20. The molecule has 0 saturated carbocycles. The molecule has 2 aromatic carbocycles. The largest absolute Gasteiger partial charge is 0.505 e. The molecule has 0 fully saturated rings. The first-order chi connectivity index (χ1) is 10.2. The van der Waals surface area contributed by atoms with Crippen LogP contribution in [0.4, 0.5) is 4.79 Å². The molecule has 0 aliphatic rings. The van der Waals surface area contributed by atoms with Crippen molar-refractivity contribution in [2.45, 2.75) is 25.7 Å². The van der Waals surface area contributed by atoms with Gasteiger partial charge in [0.15, 0.2) is 0 Å². The number of hydrogen-bond donors (Lipinski definition) is 1. The third-order valence-electron chi connectivity index (χ3n) is 3.65. The van der Waals surface area contributed by atoms with E-state index in [1.165, 1.54) is 16.7 Å². The zero-order valence-electron chi connectivity index (χ0n) is 12.2. The van der Waals surface area contributed by atoms with Crippen LogP contribution in [0.2, 0.25) is 0 Å². The lowest BCUT2D eigenvalue weighted by atomic mass is 9.85. The Morgan fingerprint density at radius 3 is 2.43 bits per heavy atom. The van der Waals surface area contributed by atoms with Crippen LogP contribution < -0.4 is 0 Å². The summed E-state index contributed by atoms with van der Waals surface area (Å²) in [5.74, 6) is 0.154. The van der Waals surface area contributed by atoms with E-state index in [1.807, 2.05) is 30.3 Å². The second-order valence-electron chi connectivity index (χ2n) is 4.92. The van der Waals surface area contributed by atoms with Crippen molar-refractivity contribution >= 4 is 6.16 Å². The van der Waals surface area contributed by atoms with Crippen LogP contribution in [-0.2, 0) is 11.2 Å². The average Bonchev–Trinajstić information content (AvgIpc) is 2.52. The summed E-state index contributed by atoms with van der Waals surface area (Å²) in [6.07, 6.45) is 0.387. The summed E-state index contributed by atoms with van der Waals surface area (Å²) in [6.45, 7) is 2.33. The molecule has 21 heavy (non-hydrogen) atoms. The molecule has 0 saturated heterocycles. The van der Waals surface area contributed by atoms with E-state index in [2.05, 4.69) is 31.2 Å². The minimum atomic E-state index is -1.22. The molecule has 2 rings (SSSR count). The SMILES string of the molecule is CCc1ccccc1C(CCOC(=O)O)c1ccccc1. The van der Waals surface area contributed by atoms with Crippen molar-refractivity contribution in [1.82, 2.24) is 0 Å². The van der Waals surface area contributed by atoms with Gasteiger partial charge in [-0.2, -0.15) is 0 Å². The lowest BCUT2D eigenvalue weighted by Gasteiger charge is -2.20. The van der Waals surface area contributed by atoms with E-state index in [0.29, 0.717) is 6.42 Å². The summed E-state index contributed by atoms with van der Waals surface area (Å²) in [7, 11) is 0. The third kappa shape index (κ3) is 4.09. The number of rotatable bonds is 6. The molecule has 0 aliphatic heterocycles. The van der Waals surface area contributed by atoms with E-state index in [9.17, 15) is 4.79 Å². The summed E-state index contributed by atoms with van der Waals surface area (Å²) in [4.78, 5) is 10.6. The zero-order chi connectivity index (χ0) is 15.1. The molecule has 3 heteroatoms. The fourth-order valence-corrected chi connectivity index (χ4v) is 2.65. The molecule has 0 amide bonds. The van der Waals surface area contributed by atoms with Crippen molar-refractivity contribution in [3.05, 3.63) is 71.3 Å². The van der Waals surface area contributed by atoms with Crippen molar-refractivity contribution in [1.29, 1.82) is 0 Å². The minimum Gasteiger partial charge on any atom is -0.450 e. The van der Waals surface area contributed by atoms with Crippen molar-refractivity contribution in [3.63, 3.8) is 0 Å². The van der Waals surface area contributed by atoms with Gasteiger partial charge < -0.3 is 9.84 Å². The number of carbonyl (C=O) groups is 1. The van der Waals surface area contributed by atoms with Gasteiger partial charge in [-0.15, -0.1) is 0 Å². The number of carboxylic acid groups (broad SMARTS) is 1. The zero-order valence-corrected chi connectivity index (χ0v) is 12.2. The van der Waals surface area contributed by atoms with Gasteiger partial charge in [0.05, 0.1) is 6.61 Å². The topological polar surface area (TPSA) is 46.5 Å². The van der Waals surface area contributed by atoms with Gasteiger partial charge in [-0.3, -0.25) is 0 Å². The first-order valence-corrected chi connectivity index (χ1v) is 7.20. The van der Waals surface area contributed by atoms with Gasteiger partial charge >= 0.3 is 6.16 Å². The van der Waals surface area contributed by atoms with E-state index in [0.717, 1.165) is 6.42 Å². The van der Waals surface area contributed by atoms with Gasteiger partial charge in [0.1, 0.15) is 0 Å². The molecule has 1 unspecified atom stereocenters. The van der Waals surface area contributed by atoms with Gasteiger partial charge in [0, 0.05) is 5.92 Å². The fourth-order valence-electron chi connectivity index (χ4n) is 2.65. The highest BCUT2D eigenvalue weighted by Gasteiger charge is 2.17. The molecule has 110 valence electrons. The summed E-state index contributed by atoms with van der Waals surface area (Å²) in [6, 6.07) is 18.5. The monoisotopic (exact) mass is 284 g/mol. The Balaban J connectivity index is 2.29. The van der Waals surface area contributed by atoms with Crippen LogP contribution in [0, 0.1) is 0 Å². The minimum absolute atomic E-state index is 0.154. The van der Waals surface area contributed by atoms with Crippen molar-refractivity contribution in [2.75, 3.05) is 6.61 Å². The molecule has 2 aromatic rings. The van der Waals surface area contributed by atoms with E-state index < -0.39 is 6.16 Å². The van der Waals surface area contributed by atoms with Crippen molar-refractivity contribution < 1.29 is 14.6 Å². The lowest BCUT2D eigenvalue weighted by Crippen LogP contribution is -2.10. The molecule has 0 heterocycles. The molecule has 0 spiro atoms. The maximum Gasteiger partial charge on any atom is 0.505 e. The normalized spacial score (nSPS) is 11.9. The number of hydrogen-bond acceptors (Lipinski definition) is 2. The van der Waals surface area contributed by atoms with Gasteiger partial charge in [0.2, 0.25) is 0 Å². The van der Waals surface area contributed by atoms with Crippen LogP contribution in [-0.4, -0.2) is 17.9 Å². The molecule has 0 aromatic heterocycles. The molecule has 3 nitrogen and oxygen atoms in total. The first kappa shape index (κ1) is 15.1. The van der Waals surface area contributed by atoms with Crippen LogP contribution in [0.25, 0.3) is 0 Å². The second kappa shape index (κ2) is 7.48. The second-order valence-corrected chi connectivity index (χ2v) is 4.92. The molecular weight excluding hydrogens is 264 g/mol. The fraction of sp³-hybridized carbons (Fsp3) is 0.278. The quantitative estimate of drug-likeness (QED) is 0.796. The third-order valence-corrected chi connectivity index (χ3v) is 3.65. The maximum absolute atomic E-state index is 10.6. The standard InChI is InChI=1S/C18H20O3/c1-2-14-8-6-7-11-16(14)17(12-13-21-18(19)20)15-9-4-3-5-10-15/h3-11,17H,2,12-13H2,1H3,(H,19,20). The molecular formula is C18H20O3. The van der Waals surface area contributed by atoms with Crippen LogP contribution >= 0.6 is 0 Å². The van der Waals surface area contributed by atoms with E-state index in [1.54, 1.807) is 0 Å². The molecule has 0 aliphatic carbocycles. The Hall–Kier alpha value is -2.29. The highest BCUT2D eigenvalue weighted by molar-refractivity contribution is 5.56. The Labute approximate surface area is 125 Å².